The van der Waals surface area contributed by atoms with Gasteiger partial charge in [0.05, 0.1) is 13.0 Å². The topological polar surface area (TPSA) is 49.9 Å². The van der Waals surface area contributed by atoms with Crippen LogP contribution in [-0.2, 0) is 9.53 Å². The van der Waals surface area contributed by atoms with Crippen LogP contribution < -0.4 is 0 Å². The Hall–Kier alpha value is -1.95. The molecule has 1 aromatic carbocycles. The number of benzene rings is 1. The monoisotopic (exact) mass is 310 g/mol. The van der Waals surface area contributed by atoms with E-state index in [1.54, 1.807) is 11.8 Å². The highest BCUT2D eigenvalue weighted by molar-refractivity contribution is 5.94. The lowest BCUT2D eigenvalue weighted by Gasteiger charge is -2.26. The molecule has 0 aliphatic rings. The van der Waals surface area contributed by atoms with E-state index in [0.717, 1.165) is 0 Å². The Morgan fingerprint density at radius 3 is 2.27 bits per heavy atom. The minimum absolute atomic E-state index is 0.224. The molecule has 5 nitrogen and oxygen atoms in total. The number of ether oxygens (including phenoxy) is 1. The molecule has 6 heteroatoms. The number of carbonyl (C=O) groups excluding carboxylic acids is 2. The van der Waals surface area contributed by atoms with Crippen molar-refractivity contribution in [1.82, 2.24) is 9.80 Å². The molecule has 0 aliphatic carbocycles. The number of carbonyl (C=O) groups is 2. The van der Waals surface area contributed by atoms with Crippen molar-refractivity contribution in [3.05, 3.63) is 35.6 Å². The van der Waals surface area contributed by atoms with Crippen LogP contribution in [0.2, 0.25) is 0 Å². The van der Waals surface area contributed by atoms with Gasteiger partial charge in [-0.25, -0.2) is 4.39 Å². The predicted octanol–water partition coefficient (Wildman–Crippen LogP) is 1.64. The lowest BCUT2D eigenvalue weighted by Crippen LogP contribution is -2.41. The fraction of sp³-hybridized carbons (Fsp3) is 0.500. The molecule has 0 aromatic heterocycles. The Morgan fingerprint density at radius 1 is 1.18 bits per heavy atom. The summed E-state index contributed by atoms with van der Waals surface area (Å²) in [4.78, 5) is 27.7. The maximum atomic E-state index is 13.0. The van der Waals surface area contributed by atoms with Crippen molar-refractivity contribution in [2.24, 2.45) is 5.92 Å². The highest BCUT2D eigenvalue weighted by Gasteiger charge is 2.22. The minimum Gasteiger partial charge on any atom is -0.469 e. The SMILES string of the molecule is COC(=O)C(C)CN(CCN(C)C)C(=O)c1ccc(F)cc1. The van der Waals surface area contributed by atoms with Crippen LogP contribution in [0.25, 0.3) is 0 Å². The lowest BCUT2D eigenvalue weighted by atomic mass is 10.1. The van der Waals surface area contributed by atoms with Crippen molar-refractivity contribution in [2.75, 3.05) is 40.8 Å². The first-order valence-electron chi connectivity index (χ1n) is 7.12. The summed E-state index contributed by atoms with van der Waals surface area (Å²) in [6, 6.07) is 5.40. The van der Waals surface area contributed by atoms with Gasteiger partial charge in [0.1, 0.15) is 5.82 Å². The van der Waals surface area contributed by atoms with Crippen LogP contribution in [0, 0.1) is 11.7 Å². The minimum atomic E-state index is -0.420. The van der Waals surface area contributed by atoms with E-state index >= 15 is 0 Å². The summed E-state index contributed by atoms with van der Waals surface area (Å²) < 4.78 is 17.7. The van der Waals surface area contributed by atoms with E-state index in [9.17, 15) is 14.0 Å². The van der Waals surface area contributed by atoms with Gasteiger partial charge in [-0.1, -0.05) is 6.92 Å². The van der Waals surface area contributed by atoms with Crippen LogP contribution in [-0.4, -0.2) is 62.5 Å². The standard InChI is InChI=1S/C16H23FN2O3/c1-12(16(21)22-4)11-19(10-9-18(2)3)15(20)13-5-7-14(17)8-6-13/h5-8,12H,9-11H2,1-4H3. The normalized spacial score (nSPS) is 12.1. The van der Waals surface area contributed by atoms with Crippen molar-refractivity contribution in [1.29, 1.82) is 0 Å². The summed E-state index contributed by atoms with van der Waals surface area (Å²) in [5.41, 5.74) is 0.400. The van der Waals surface area contributed by atoms with Gasteiger partial charge in [0.15, 0.2) is 0 Å². The Bertz CT molecular complexity index is 503. The number of rotatable bonds is 7. The van der Waals surface area contributed by atoms with E-state index in [1.165, 1.54) is 31.4 Å². The first-order chi connectivity index (χ1) is 10.3. The van der Waals surface area contributed by atoms with Crippen LogP contribution in [0.1, 0.15) is 17.3 Å². The summed E-state index contributed by atoms with van der Waals surface area (Å²) in [7, 11) is 5.14. The van der Waals surface area contributed by atoms with Crippen molar-refractivity contribution >= 4 is 11.9 Å². The molecule has 1 rings (SSSR count). The number of nitrogens with zero attached hydrogens (tertiary/aromatic N) is 2. The van der Waals surface area contributed by atoms with Crippen LogP contribution in [0.3, 0.4) is 0 Å². The zero-order valence-corrected chi connectivity index (χ0v) is 13.5. The summed E-state index contributed by atoms with van der Waals surface area (Å²) in [5, 5.41) is 0. The van der Waals surface area contributed by atoms with Gasteiger partial charge in [0.2, 0.25) is 0 Å². The third-order valence-electron chi connectivity index (χ3n) is 3.29. The number of esters is 1. The van der Waals surface area contributed by atoms with E-state index in [0.29, 0.717) is 18.7 Å². The molecule has 1 aromatic rings. The number of methoxy groups -OCH3 is 1. The fourth-order valence-corrected chi connectivity index (χ4v) is 1.98. The largest absolute Gasteiger partial charge is 0.469 e. The number of halogens is 1. The van der Waals surface area contributed by atoms with Gasteiger partial charge in [-0.15, -0.1) is 0 Å². The molecule has 0 heterocycles. The highest BCUT2D eigenvalue weighted by Crippen LogP contribution is 2.10. The quantitative estimate of drug-likeness (QED) is 0.719. The summed E-state index contributed by atoms with van der Waals surface area (Å²) >= 11 is 0. The molecule has 1 atom stereocenters. The Morgan fingerprint density at radius 2 is 1.77 bits per heavy atom. The second-order valence-corrected chi connectivity index (χ2v) is 5.49. The molecule has 0 radical (unpaired) electrons. The number of hydrogen-bond acceptors (Lipinski definition) is 4. The summed E-state index contributed by atoms with van der Waals surface area (Å²) in [5.74, 6) is -1.39. The third kappa shape index (κ3) is 5.44. The molecule has 1 unspecified atom stereocenters. The van der Waals surface area contributed by atoms with E-state index in [-0.39, 0.29) is 24.2 Å². The Labute approximate surface area is 130 Å². The molecule has 0 fully saturated rings. The first-order valence-corrected chi connectivity index (χ1v) is 7.12. The van der Waals surface area contributed by atoms with E-state index < -0.39 is 5.92 Å². The molecule has 0 spiro atoms. The molecule has 0 aliphatic heterocycles. The highest BCUT2D eigenvalue weighted by atomic mass is 19.1. The lowest BCUT2D eigenvalue weighted by molar-refractivity contribution is -0.145. The van der Waals surface area contributed by atoms with Gasteiger partial charge in [-0.2, -0.15) is 0 Å². The predicted molar refractivity (Wildman–Crippen MR) is 82.0 cm³/mol. The molecule has 0 bridgehead atoms. The van der Waals surface area contributed by atoms with Crippen LogP contribution >= 0.6 is 0 Å². The van der Waals surface area contributed by atoms with Gasteiger partial charge in [-0.05, 0) is 38.4 Å². The number of hydrogen-bond donors (Lipinski definition) is 0. The molecule has 1 amide bonds. The zero-order valence-electron chi connectivity index (χ0n) is 13.5. The molecular formula is C16H23FN2O3. The first kappa shape index (κ1) is 18.1. The molecule has 0 saturated heterocycles. The second kappa shape index (κ2) is 8.48. The van der Waals surface area contributed by atoms with Gasteiger partial charge in [-0.3, -0.25) is 9.59 Å². The summed E-state index contributed by atoms with van der Waals surface area (Å²) in [6.45, 7) is 3.12. The summed E-state index contributed by atoms with van der Waals surface area (Å²) in [6.07, 6.45) is 0. The van der Waals surface area contributed by atoms with Gasteiger partial charge in [0.25, 0.3) is 5.91 Å². The van der Waals surface area contributed by atoms with Gasteiger partial charge >= 0.3 is 5.97 Å². The van der Waals surface area contributed by atoms with Gasteiger partial charge in [0, 0.05) is 25.2 Å². The smallest absolute Gasteiger partial charge is 0.310 e. The molecular weight excluding hydrogens is 287 g/mol. The number of likely N-dealkylation sites (N-methyl/N-ethyl adjacent to an activating group) is 1. The van der Waals surface area contributed by atoms with Crippen molar-refractivity contribution < 1.29 is 18.7 Å². The van der Waals surface area contributed by atoms with Gasteiger partial charge < -0.3 is 14.5 Å². The van der Waals surface area contributed by atoms with E-state index in [4.69, 9.17) is 4.74 Å². The van der Waals surface area contributed by atoms with Crippen LogP contribution in [0.4, 0.5) is 4.39 Å². The number of amides is 1. The molecule has 0 saturated carbocycles. The second-order valence-electron chi connectivity index (χ2n) is 5.49. The Balaban J connectivity index is 2.85. The zero-order chi connectivity index (χ0) is 16.7. The average molecular weight is 310 g/mol. The van der Waals surface area contributed by atoms with Crippen molar-refractivity contribution in [3.63, 3.8) is 0 Å². The fourth-order valence-electron chi connectivity index (χ4n) is 1.98. The average Bonchev–Trinajstić information content (AvgIpc) is 2.50. The maximum Gasteiger partial charge on any atom is 0.310 e. The van der Waals surface area contributed by atoms with Crippen molar-refractivity contribution in [3.8, 4) is 0 Å². The van der Waals surface area contributed by atoms with E-state index in [1.807, 2.05) is 19.0 Å². The van der Waals surface area contributed by atoms with Crippen molar-refractivity contribution in [2.45, 2.75) is 6.92 Å². The molecule has 22 heavy (non-hydrogen) atoms. The third-order valence-corrected chi connectivity index (χ3v) is 3.29. The maximum absolute atomic E-state index is 13.0. The molecule has 0 N–H and O–H groups in total. The van der Waals surface area contributed by atoms with Crippen LogP contribution in [0.5, 0.6) is 0 Å². The van der Waals surface area contributed by atoms with Crippen LogP contribution in [0.15, 0.2) is 24.3 Å². The Kier molecular flexibility index (Phi) is 6.98. The van der Waals surface area contributed by atoms with E-state index in [2.05, 4.69) is 0 Å². The molecule has 122 valence electrons.